The van der Waals surface area contributed by atoms with Crippen LogP contribution in [-0.4, -0.2) is 42.1 Å². The first-order valence-corrected chi connectivity index (χ1v) is 6.06. The number of amides is 3. The number of nitrogens with one attached hydrogen (secondary N) is 3. The molecule has 0 aromatic rings. The van der Waals surface area contributed by atoms with Gasteiger partial charge in [0.05, 0.1) is 12.0 Å². The van der Waals surface area contributed by atoms with Crippen LogP contribution in [0.2, 0.25) is 0 Å². The summed E-state index contributed by atoms with van der Waals surface area (Å²) in [5.41, 5.74) is 0. The molecule has 3 amide bonds. The van der Waals surface area contributed by atoms with Gasteiger partial charge in [0.2, 0.25) is 5.91 Å². The van der Waals surface area contributed by atoms with Crippen LogP contribution in [0.25, 0.3) is 0 Å². The first kappa shape index (κ1) is 14.3. The second-order valence-electron chi connectivity index (χ2n) is 4.38. The van der Waals surface area contributed by atoms with E-state index in [-0.39, 0.29) is 24.9 Å². The minimum Gasteiger partial charge on any atom is -0.481 e. The first-order valence-electron chi connectivity index (χ1n) is 6.06. The van der Waals surface area contributed by atoms with Gasteiger partial charge in [0.1, 0.15) is 0 Å². The Labute approximate surface area is 105 Å². The molecule has 4 N–H and O–H groups in total. The summed E-state index contributed by atoms with van der Waals surface area (Å²) in [4.78, 5) is 33.3. The molecule has 7 heteroatoms. The molecule has 0 aromatic carbocycles. The van der Waals surface area contributed by atoms with Crippen molar-refractivity contribution in [3.63, 3.8) is 0 Å². The van der Waals surface area contributed by atoms with E-state index < -0.39 is 17.9 Å². The lowest BCUT2D eigenvalue weighted by molar-refractivity contribution is -0.141. The van der Waals surface area contributed by atoms with Gasteiger partial charge in [-0.25, -0.2) is 4.79 Å². The lowest BCUT2D eigenvalue weighted by Crippen LogP contribution is -2.45. The van der Waals surface area contributed by atoms with Crippen molar-refractivity contribution in [1.82, 2.24) is 16.0 Å². The third kappa shape index (κ3) is 4.60. The zero-order valence-electron chi connectivity index (χ0n) is 10.4. The normalized spacial score (nSPS) is 20.1. The van der Waals surface area contributed by atoms with E-state index in [2.05, 4.69) is 16.0 Å². The standard InChI is InChI=1S/C11H19N3O4/c1-2-3-7(10(16)17)5-13-11(18)14-8-4-9(15)12-6-8/h7-8H,2-6H2,1H3,(H,12,15)(H,16,17)(H2,13,14,18). The highest BCUT2D eigenvalue weighted by molar-refractivity contribution is 5.81. The maximum Gasteiger partial charge on any atom is 0.315 e. The minimum atomic E-state index is -0.908. The van der Waals surface area contributed by atoms with Crippen LogP contribution in [0.4, 0.5) is 4.79 Å². The van der Waals surface area contributed by atoms with Crippen molar-refractivity contribution in [2.75, 3.05) is 13.1 Å². The van der Waals surface area contributed by atoms with Gasteiger partial charge in [0.15, 0.2) is 0 Å². The minimum absolute atomic E-state index is 0.0882. The summed E-state index contributed by atoms with van der Waals surface area (Å²) in [6.07, 6.45) is 1.55. The van der Waals surface area contributed by atoms with Crippen molar-refractivity contribution in [3.8, 4) is 0 Å². The molecule has 1 aliphatic rings. The summed E-state index contributed by atoms with van der Waals surface area (Å²) < 4.78 is 0. The zero-order valence-corrected chi connectivity index (χ0v) is 10.4. The van der Waals surface area contributed by atoms with E-state index in [1.807, 2.05) is 6.92 Å². The molecule has 0 saturated carbocycles. The molecule has 18 heavy (non-hydrogen) atoms. The van der Waals surface area contributed by atoms with Crippen LogP contribution in [0, 0.1) is 5.92 Å². The first-order chi connectivity index (χ1) is 8.52. The fraction of sp³-hybridized carbons (Fsp3) is 0.727. The molecule has 0 spiro atoms. The quantitative estimate of drug-likeness (QED) is 0.522. The number of carboxylic acid groups (broad SMARTS) is 1. The summed E-state index contributed by atoms with van der Waals surface area (Å²) >= 11 is 0. The van der Waals surface area contributed by atoms with Crippen LogP contribution < -0.4 is 16.0 Å². The van der Waals surface area contributed by atoms with Gasteiger partial charge in [-0.3, -0.25) is 9.59 Å². The molecular weight excluding hydrogens is 238 g/mol. The second-order valence-corrected chi connectivity index (χ2v) is 4.38. The summed E-state index contributed by atoms with van der Waals surface area (Å²) in [6.45, 7) is 2.42. The van der Waals surface area contributed by atoms with Crippen LogP contribution in [0.3, 0.4) is 0 Å². The molecule has 2 unspecified atom stereocenters. The molecule has 1 fully saturated rings. The molecule has 0 bridgehead atoms. The number of aliphatic carboxylic acids is 1. The van der Waals surface area contributed by atoms with Gasteiger partial charge in [-0.1, -0.05) is 13.3 Å². The summed E-state index contributed by atoms with van der Waals surface area (Å²) in [5, 5.41) is 16.7. The number of carbonyl (C=O) groups excluding carboxylic acids is 2. The van der Waals surface area contributed by atoms with Gasteiger partial charge in [-0.2, -0.15) is 0 Å². The Morgan fingerprint density at radius 2 is 2.28 bits per heavy atom. The maximum atomic E-state index is 11.5. The van der Waals surface area contributed by atoms with Crippen LogP contribution in [0.5, 0.6) is 0 Å². The number of hydrogen-bond donors (Lipinski definition) is 4. The highest BCUT2D eigenvalue weighted by Crippen LogP contribution is 2.05. The van der Waals surface area contributed by atoms with Gasteiger partial charge in [0.25, 0.3) is 0 Å². The smallest absolute Gasteiger partial charge is 0.315 e. The third-order valence-corrected chi connectivity index (χ3v) is 2.81. The molecule has 1 heterocycles. The average Bonchev–Trinajstić information content (AvgIpc) is 2.69. The topological polar surface area (TPSA) is 108 Å². The largest absolute Gasteiger partial charge is 0.481 e. The molecule has 0 aliphatic carbocycles. The van der Waals surface area contributed by atoms with Gasteiger partial charge in [-0.05, 0) is 6.42 Å². The van der Waals surface area contributed by atoms with Gasteiger partial charge in [-0.15, -0.1) is 0 Å². The molecule has 1 aliphatic heterocycles. The van der Waals surface area contributed by atoms with E-state index in [1.165, 1.54) is 0 Å². The van der Waals surface area contributed by atoms with Crippen LogP contribution in [-0.2, 0) is 9.59 Å². The highest BCUT2D eigenvalue weighted by atomic mass is 16.4. The number of urea groups is 1. The number of hydrogen-bond acceptors (Lipinski definition) is 3. The molecule has 7 nitrogen and oxygen atoms in total. The fourth-order valence-corrected chi connectivity index (χ4v) is 1.82. The Kier molecular flexibility index (Phi) is 5.41. The van der Waals surface area contributed by atoms with Crippen LogP contribution >= 0.6 is 0 Å². The van der Waals surface area contributed by atoms with Crippen molar-refractivity contribution in [3.05, 3.63) is 0 Å². The van der Waals surface area contributed by atoms with Crippen molar-refractivity contribution in [2.45, 2.75) is 32.2 Å². The van der Waals surface area contributed by atoms with Gasteiger partial charge in [0, 0.05) is 19.5 Å². The fourth-order valence-electron chi connectivity index (χ4n) is 1.82. The van der Waals surface area contributed by atoms with Crippen LogP contribution in [0.15, 0.2) is 0 Å². The summed E-state index contributed by atoms with van der Waals surface area (Å²) in [7, 11) is 0. The van der Waals surface area contributed by atoms with Crippen molar-refractivity contribution in [2.24, 2.45) is 5.92 Å². The van der Waals surface area contributed by atoms with E-state index in [9.17, 15) is 14.4 Å². The van der Waals surface area contributed by atoms with E-state index in [4.69, 9.17) is 5.11 Å². The lowest BCUT2D eigenvalue weighted by Gasteiger charge is -2.15. The maximum absolute atomic E-state index is 11.5. The molecular formula is C11H19N3O4. The molecule has 1 saturated heterocycles. The lowest BCUT2D eigenvalue weighted by atomic mass is 10.0. The summed E-state index contributed by atoms with van der Waals surface area (Å²) in [5.74, 6) is -1.56. The molecule has 2 atom stereocenters. The Morgan fingerprint density at radius 3 is 2.78 bits per heavy atom. The summed E-state index contributed by atoms with van der Waals surface area (Å²) in [6, 6.07) is -0.647. The van der Waals surface area contributed by atoms with Gasteiger partial charge < -0.3 is 21.1 Å². The monoisotopic (exact) mass is 257 g/mol. The van der Waals surface area contributed by atoms with Crippen molar-refractivity contribution in [1.29, 1.82) is 0 Å². The van der Waals surface area contributed by atoms with Crippen molar-refractivity contribution >= 4 is 17.9 Å². The Morgan fingerprint density at radius 1 is 1.56 bits per heavy atom. The van der Waals surface area contributed by atoms with E-state index in [1.54, 1.807) is 0 Å². The second kappa shape index (κ2) is 6.83. The predicted octanol–water partition coefficient (Wildman–Crippen LogP) is -0.325. The van der Waals surface area contributed by atoms with Crippen molar-refractivity contribution < 1.29 is 19.5 Å². The molecule has 0 aromatic heterocycles. The van der Waals surface area contributed by atoms with E-state index in [0.717, 1.165) is 6.42 Å². The van der Waals surface area contributed by atoms with Gasteiger partial charge >= 0.3 is 12.0 Å². The Hall–Kier alpha value is -1.79. The molecule has 1 rings (SSSR count). The number of carboxylic acids is 1. The molecule has 0 radical (unpaired) electrons. The molecule has 102 valence electrons. The van der Waals surface area contributed by atoms with E-state index >= 15 is 0 Å². The number of rotatable bonds is 6. The number of carbonyl (C=O) groups is 3. The van der Waals surface area contributed by atoms with Crippen LogP contribution in [0.1, 0.15) is 26.2 Å². The SMILES string of the molecule is CCCC(CNC(=O)NC1CNC(=O)C1)C(=O)O. The third-order valence-electron chi connectivity index (χ3n) is 2.81. The van der Waals surface area contributed by atoms with E-state index in [0.29, 0.717) is 13.0 Å². The zero-order chi connectivity index (χ0) is 13.5. The average molecular weight is 257 g/mol. The highest BCUT2D eigenvalue weighted by Gasteiger charge is 2.23. The Balaban J connectivity index is 2.27. The predicted molar refractivity (Wildman–Crippen MR) is 64.0 cm³/mol. The Bertz CT molecular complexity index is 332.